The van der Waals surface area contributed by atoms with Gasteiger partial charge in [0.05, 0.1) is 30.6 Å². The van der Waals surface area contributed by atoms with Crippen molar-refractivity contribution in [1.29, 1.82) is 0 Å². The van der Waals surface area contributed by atoms with Gasteiger partial charge in [-0.3, -0.25) is 4.68 Å². The molecule has 30 heavy (non-hydrogen) atoms. The minimum atomic E-state index is 0.675. The van der Waals surface area contributed by atoms with E-state index in [2.05, 4.69) is 33.5 Å². The van der Waals surface area contributed by atoms with E-state index in [0.717, 1.165) is 46.8 Å². The quantitative estimate of drug-likeness (QED) is 0.532. The fourth-order valence-corrected chi connectivity index (χ4v) is 3.66. The fourth-order valence-electron chi connectivity index (χ4n) is 3.54. The van der Waals surface area contributed by atoms with Crippen molar-refractivity contribution in [2.45, 2.75) is 0 Å². The molecule has 0 amide bonds. The predicted octanol–water partition coefficient (Wildman–Crippen LogP) is 4.26. The second-order valence-corrected chi connectivity index (χ2v) is 7.65. The molecule has 1 aliphatic rings. The molecule has 1 aliphatic heterocycles. The van der Waals surface area contributed by atoms with Crippen LogP contribution in [0, 0.1) is 0 Å². The lowest BCUT2D eigenvalue weighted by Gasteiger charge is -2.27. The molecule has 0 aliphatic carbocycles. The Morgan fingerprint density at radius 1 is 1.00 bits per heavy atom. The molecule has 1 saturated heterocycles. The summed E-state index contributed by atoms with van der Waals surface area (Å²) >= 11 is 6.02. The summed E-state index contributed by atoms with van der Waals surface area (Å²) in [7, 11) is 1.94. The molecular weight excluding hydrogens is 400 g/mol. The van der Waals surface area contributed by atoms with Gasteiger partial charge < -0.3 is 15.0 Å². The number of hydrogen-bond acceptors (Lipinski definition) is 6. The topological polar surface area (TPSA) is 68.1 Å². The third kappa shape index (κ3) is 3.81. The van der Waals surface area contributed by atoms with Gasteiger partial charge in [0, 0.05) is 47.9 Å². The van der Waals surface area contributed by atoms with Crippen LogP contribution in [0.3, 0.4) is 0 Å². The molecule has 3 heterocycles. The van der Waals surface area contributed by atoms with E-state index in [0.29, 0.717) is 24.2 Å². The molecule has 1 N–H and O–H groups in total. The summed E-state index contributed by atoms with van der Waals surface area (Å²) in [5, 5.41) is 9.52. The van der Waals surface area contributed by atoms with Crippen LogP contribution < -0.4 is 10.2 Å². The van der Waals surface area contributed by atoms with Gasteiger partial charge in [-0.05, 0) is 30.3 Å². The van der Waals surface area contributed by atoms with Crippen molar-refractivity contribution in [2.75, 3.05) is 36.5 Å². The summed E-state index contributed by atoms with van der Waals surface area (Å²) in [5.41, 5.74) is 3.85. The molecule has 5 rings (SSSR count). The first-order valence-electron chi connectivity index (χ1n) is 9.82. The first-order chi connectivity index (χ1) is 14.7. The number of nitrogens with zero attached hydrogens (tertiary/aromatic N) is 5. The van der Waals surface area contributed by atoms with Crippen LogP contribution in [0.5, 0.6) is 0 Å². The van der Waals surface area contributed by atoms with Gasteiger partial charge in [0.1, 0.15) is 5.82 Å². The number of nitrogens with one attached hydrogen (secondary N) is 1. The number of fused-ring (bicyclic) bond motifs is 1. The number of aromatic nitrogens is 4. The van der Waals surface area contributed by atoms with Gasteiger partial charge in [-0.25, -0.2) is 4.98 Å². The lowest BCUT2D eigenvalue weighted by atomic mass is 10.1. The number of rotatable bonds is 4. The second kappa shape index (κ2) is 7.93. The Morgan fingerprint density at radius 2 is 1.80 bits per heavy atom. The smallest absolute Gasteiger partial charge is 0.228 e. The fraction of sp³-hybridized carbons (Fsp3) is 0.227. The lowest BCUT2D eigenvalue weighted by Crippen LogP contribution is -2.37. The number of hydrogen-bond donors (Lipinski definition) is 1. The Bertz CT molecular complexity index is 1180. The molecule has 2 aromatic heterocycles. The molecule has 152 valence electrons. The van der Waals surface area contributed by atoms with E-state index in [1.807, 2.05) is 48.3 Å². The standard InChI is InChI=1S/C22H21ClN6O/c1-28-20-12-15(2-3-16(20)14-24-28)19-13-21(25-18-6-4-17(23)5-7-18)27-22(26-19)29-8-10-30-11-9-29/h2-7,12-14H,8-11H2,1H3,(H,25,26,27). The van der Waals surface area contributed by atoms with Crippen molar-refractivity contribution in [3.63, 3.8) is 0 Å². The Hall–Kier alpha value is -3.16. The number of halogens is 1. The third-order valence-electron chi connectivity index (χ3n) is 5.17. The molecule has 1 fully saturated rings. The molecule has 7 nitrogen and oxygen atoms in total. The summed E-state index contributed by atoms with van der Waals surface area (Å²) in [4.78, 5) is 11.8. The monoisotopic (exact) mass is 420 g/mol. The first kappa shape index (κ1) is 18.8. The molecule has 0 saturated carbocycles. The molecule has 0 spiro atoms. The summed E-state index contributed by atoms with van der Waals surface area (Å²) in [5.74, 6) is 1.42. The lowest BCUT2D eigenvalue weighted by molar-refractivity contribution is 0.122. The van der Waals surface area contributed by atoms with Gasteiger partial charge >= 0.3 is 0 Å². The average molecular weight is 421 g/mol. The normalized spacial score (nSPS) is 14.3. The zero-order valence-corrected chi connectivity index (χ0v) is 17.3. The summed E-state index contributed by atoms with van der Waals surface area (Å²) in [6, 6.07) is 15.8. The minimum Gasteiger partial charge on any atom is -0.378 e. The van der Waals surface area contributed by atoms with Crippen LogP contribution >= 0.6 is 11.6 Å². The molecule has 0 bridgehead atoms. The zero-order valence-electron chi connectivity index (χ0n) is 16.5. The van der Waals surface area contributed by atoms with Crippen LogP contribution in [0.15, 0.2) is 54.7 Å². The van der Waals surface area contributed by atoms with Gasteiger partial charge in [0.25, 0.3) is 0 Å². The maximum Gasteiger partial charge on any atom is 0.228 e. The van der Waals surface area contributed by atoms with Gasteiger partial charge in [-0.2, -0.15) is 10.1 Å². The van der Waals surface area contributed by atoms with Crippen molar-refractivity contribution < 1.29 is 4.74 Å². The van der Waals surface area contributed by atoms with Crippen molar-refractivity contribution in [2.24, 2.45) is 7.05 Å². The Balaban J connectivity index is 1.57. The number of aryl methyl sites for hydroxylation is 1. The van der Waals surface area contributed by atoms with Crippen LogP contribution in [-0.4, -0.2) is 46.1 Å². The Labute approximate surface area is 179 Å². The number of anilines is 3. The Morgan fingerprint density at radius 3 is 2.60 bits per heavy atom. The van der Waals surface area contributed by atoms with Crippen LogP contribution in [0.25, 0.3) is 22.2 Å². The number of benzene rings is 2. The van der Waals surface area contributed by atoms with E-state index in [1.54, 1.807) is 0 Å². The highest BCUT2D eigenvalue weighted by atomic mass is 35.5. The van der Waals surface area contributed by atoms with E-state index >= 15 is 0 Å². The highest BCUT2D eigenvalue weighted by Gasteiger charge is 2.17. The van der Waals surface area contributed by atoms with E-state index in [1.165, 1.54) is 0 Å². The van der Waals surface area contributed by atoms with Gasteiger partial charge in [-0.1, -0.05) is 23.7 Å². The van der Waals surface area contributed by atoms with Crippen molar-refractivity contribution in [3.8, 4) is 11.3 Å². The van der Waals surface area contributed by atoms with Crippen molar-refractivity contribution >= 4 is 40.0 Å². The highest BCUT2D eigenvalue weighted by Crippen LogP contribution is 2.28. The molecule has 4 aromatic rings. The average Bonchev–Trinajstić information content (AvgIpc) is 3.16. The van der Waals surface area contributed by atoms with Crippen molar-refractivity contribution in [3.05, 3.63) is 59.8 Å². The SMILES string of the molecule is Cn1ncc2ccc(-c3cc(Nc4ccc(Cl)cc4)nc(N4CCOCC4)n3)cc21. The van der Waals surface area contributed by atoms with E-state index < -0.39 is 0 Å². The van der Waals surface area contributed by atoms with Crippen LogP contribution in [-0.2, 0) is 11.8 Å². The zero-order chi connectivity index (χ0) is 20.5. The van der Waals surface area contributed by atoms with E-state index in [4.69, 9.17) is 26.3 Å². The minimum absolute atomic E-state index is 0.675. The summed E-state index contributed by atoms with van der Waals surface area (Å²) in [6.45, 7) is 2.89. The van der Waals surface area contributed by atoms with E-state index in [-0.39, 0.29) is 0 Å². The van der Waals surface area contributed by atoms with Gasteiger partial charge in [0.2, 0.25) is 5.95 Å². The molecule has 0 unspecified atom stereocenters. The molecule has 2 aromatic carbocycles. The van der Waals surface area contributed by atoms with Gasteiger partial charge in [-0.15, -0.1) is 0 Å². The predicted molar refractivity (Wildman–Crippen MR) is 120 cm³/mol. The number of morpholine rings is 1. The van der Waals surface area contributed by atoms with Crippen LogP contribution in [0.4, 0.5) is 17.5 Å². The first-order valence-corrected chi connectivity index (χ1v) is 10.2. The maximum absolute atomic E-state index is 6.02. The Kier molecular flexibility index (Phi) is 4.98. The summed E-state index contributed by atoms with van der Waals surface area (Å²) in [6.07, 6.45) is 1.87. The van der Waals surface area contributed by atoms with Crippen LogP contribution in [0.1, 0.15) is 0 Å². The summed E-state index contributed by atoms with van der Waals surface area (Å²) < 4.78 is 7.36. The second-order valence-electron chi connectivity index (χ2n) is 7.21. The highest BCUT2D eigenvalue weighted by molar-refractivity contribution is 6.30. The maximum atomic E-state index is 6.02. The largest absolute Gasteiger partial charge is 0.378 e. The molecular formula is C22H21ClN6O. The van der Waals surface area contributed by atoms with Crippen LogP contribution in [0.2, 0.25) is 5.02 Å². The molecule has 0 radical (unpaired) electrons. The van der Waals surface area contributed by atoms with Gasteiger partial charge in [0.15, 0.2) is 0 Å². The third-order valence-corrected chi connectivity index (χ3v) is 5.42. The van der Waals surface area contributed by atoms with Crippen molar-refractivity contribution in [1.82, 2.24) is 19.7 Å². The number of ether oxygens (including phenoxy) is 1. The molecule has 0 atom stereocenters. The van der Waals surface area contributed by atoms with E-state index in [9.17, 15) is 0 Å². The molecule has 8 heteroatoms.